The van der Waals surface area contributed by atoms with Crippen molar-refractivity contribution in [2.24, 2.45) is 0 Å². The van der Waals surface area contributed by atoms with Crippen LogP contribution in [0.25, 0.3) is 0 Å². The number of rotatable bonds is 3. The van der Waals surface area contributed by atoms with Gasteiger partial charge >= 0.3 is 98.9 Å². The molecule has 0 nitrogen and oxygen atoms in total. The van der Waals surface area contributed by atoms with Gasteiger partial charge in [0, 0.05) is 0 Å². The van der Waals surface area contributed by atoms with Gasteiger partial charge in [0.1, 0.15) is 0 Å². The Morgan fingerprint density at radius 1 is 1.21 bits per heavy atom. The van der Waals surface area contributed by atoms with Gasteiger partial charge in [-0.2, -0.15) is 0 Å². The van der Waals surface area contributed by atoms with Gasteiger partial charge < -0.3 is 0 Å². The summed E-state index contributed by atoms with van der Waals surface area (Å²) in [5.74, 6) is 0. The molecule has 0 heterocycles. The SMILES string of the molecule is CC(C)(C)SC(=[Se])Cc1ccccc1. The third-order valence-electron chi connectivity index (χ3n) is 1.61. The van der Waals surface area contributed by atoms with E-state index >= 15 is 0 Å². The fourth-order valence-corrected chi connectivity index (χ4v) is 3.99. The molecule has 0 bridgehead atoms. The van der Waals surface area contributed by atoms with Gasteiger partial charge in [-0.15, -0.1) is 0 Å². The molecule has 0 saturated heterocycles. The van der Waals surface area contributed by atoms with E-state index in [1.54, 1.807) is 0 Å². The Morgan fingerprint density at radius 3 is 2.29 bits per heavy atom. The van der Waals surface area contributed by atoms with E-state index < -0.39 is 0 Å². The van der Waals surface area contributed by atoms with Crippen LogP contribution >= 0.6 is 11.8 Å². The molecule has 1 rings (SSSR count). The van der Waals surface area contributed by atoms with Crippen molar-refractivity contribution >= 4 is 31.1 Å². The Bertz CT molecular complexity index is 298. The summed E-state index contributed by atoms with van der Waals surface area (Å²) in [5, 5.41) is 0. The summed E-state index contributed by atoms with van der Waals surface area (Å²) in [6, 6.07) is 10.6. The predicted octanol–water partition coefficient (Wildman–Crippen LogP) is 3.06. The molecule has 1 aromatic rings. The third kappa shape index (κ3) is 4.99. The van der Waals surface area contributed by atoms with Gasteiger partial charge in [0.15, 0.2) is 0 Å². The molecule has 0 atom stereocenters. The van der Waals surface area contributed by atoms with Gasteiger partial charge in [-0.05, 0) is 0 Å². The van der Waals surface area contributed by atoms with Gasteiger partial charge in [-0.25, -0.2) is 0 Å². The molecule has 14 heavy (non-hydrogen) atoms. The van der Waals surface area contributed by atoms with Crippen molar-refractivity contribution in [3.05, 3.63) is 35.9 Å². The summed E-state index contributed by atoms with van der Waals surface area (Å²) in [6.45, 7) is 6.71. The molecule has 0 aliphatic heterocycles. The number of hydrogen-bond donors (Lipinski definition) is 0. The maximum absolute atomic E-state index is 3.16. The Balaban J connectivity index is 2.50. The molecule has 0 aliphatic carbocycles. The molecule has 0 radical (unpaired) electrons. The van der Waals surface area contributed by atoms with Crippen molar-refractivity contribution in [2.75, 3.05) is 0 Å². The van der Waals surface area contributed by atoms with Crippen LogP contribution in [0.2, 0.25) is 0 Å². The zero-order chi connectivity index (χ0) is 10.6. The Kier molecular flexibility index (Phi) is 4.43. The normalized spacial score (nSPS) is 11.4. The monoisotopic (exact) mass is 272 g/mol. The molecule has 0 aromatic heterocycles. The first kappa shape index (κ1) is 12.0. The Labute approximate surface area is 98.8 Å². The van der Waals surface area contributed by atoms with E-state index in [0.29, 0.717) is 4.75 Å². The van der Waals surface area contributed by atoms with Crippen molar-refractivity contribution < 1.29 is 0 Å². The van der Waals surface area contributed by atoms with Crippen LogP contribution in [0.4, 0.5) is 0 Å². The molecule has 0 saturated carbocycles. The zero-order valence-electron chi connectivity index (χ0n) is 8.91. The second-order valence-corrected chi connectivity index (χ2v) is 7.79. The summed E-state index contributed by atoms with van der Waals surface area (Å²) in [4.78, 5) is 0. The van der Waals surface area contributed by atoms with Crippen LogP contribution in [-0.4, -0.2) is 24.1 Å². The topological polar surface area (TPSA) is 0 Å². The van der Waals surface area contributed by atoms with Crippen molar-refractivity contribution in [1.82, 2.24) is 0 Å². The van der Waals surface area contributed by atoms with E-state index in [1.165, 1.54) is 9.31 Å². The molecule has 0 aliphatic rings. The minimum atomic E-state index is 0.301. The third-order valence-corrected chi connectivity index (χ3v) is 3.42. The van der Waals surface area contributed by atoms with Crippen molar-refractivity contribution in [2.45, 2.75) is 31.9 Å². The van der Waals surface area contributed by atoms with Crippen LogP contribution in [0, 0.1) is 0 Å². The first-order valence-corrected chi connectivity index (χ1v) is 6.40. The molecule has 2 heteroatoms. The van der Waals surface area contributed by atoms with Crippen LogP contribution in [-0.2, 0) is 6.42 Å². The van der Waals surface area contributed by atoms with Crippen LogP contribution in [0.5, 0.6) is 0 Å². The van der Waals surface area contributed by atoms with Crippen molar-refractivity contribution in [3.63, 3.8) is 0 Å². The summed E-state index contributed by atoms with van der Waals surface area (Å²) in [5.41, 5.74) is 1.37. The summed E-state index contributed by atoms with van der Waals surface area (Å²) in [6.07, 6.45) is 1.03. The minimum absolute atomic E-state index is 0.301. The van der Waals surface area contributed by atoms with E-state index in [9.17, 15) is 0 Å². The Morgan fingerprint density at radius 2 is 1.79 bits per heavy atom. The van der Waals surface area contributed by atoms with E-state index in [-0.39, 0.29) is 0 Å². The van der Waals surface area contributed by atoms with Crippen LogP contribution in [0.15, 0.2) is 30.3 Å². The van der Waals surface area contributed by atoms with Crippen LogP contribution in [0.3, 0.4) is 0 Å². The molecule has 0 N–H and O–H groups in total. The van der Waals surface area contributed by atoms with Gasteiger partial charge in [0.2, 0.25) is 0 Å². The summed E-state index contributed by atoms with van der Waals surface area (Å²) < 4.78 is 1.67. The van der Waals surface area contributed by atoms with E-state index in [4.69, 9.17) is 0 Å². The van der Waals surface area contributed by atoms with Gasteiger partial charge in [0.25, 0.3) is 0 Å². The van der Waals surface area contributed by atoms with Gasteiger partial charge in [0.05, 0.1) is 0 Å². The second kappa shape index (κ2) is 5.16. The average Bonchev–Trinajstić information content (AvgIpc) is 2.02. The standard InChI is InChI=1S/C12H16SSe/c1-12(2,3)13-11(14)9-10-7-5-4-6-8-10/h4-8H,9H2,1-3H3. The van der Waals surface area contributed by atoms with Crippen LogP contribution in [0.1, 0.15) is 26.3 Å². The average molecular weight is 271 g/mol. The number of benzene rings is 1. The van der Waals surface area contributed by atoms with E-state index in [1.807, 2.05) is 11.8 Å². The van der Waals surface area contributed by atoms with Crippen molar-refractivity contribution in [3.8, 4) is 0 Å². The zero-order valence-corrected chi connectivity index (χ0v) is 11.4. The molecular formula is C12H16SSe. The Hall–Kier alpha value is -0.0405. The molecule has 0 amide bonds. The molecule has 0 spiro atoms. The quantitative estimate of drug-likeness (QED) is 0.761. The van der Waals surface area contributed by atoms with E-state index in [2.05, 4.69) is 66.7 Å². The number of hydrogen-bond acceptors (Lipinski definition) is 1. The molecule has 76 valence electrons. The first-order valence-electron chi connectivity index (χ1n) is 4.73. The molecule has 0 fully saturated rings. The first-order chi connectivity index (χ1) is 6.47. The summed E-state index contributed by atoms with van der Waals surface area (Å²) >= 11 is 5.07. The van der Waals surface area contributed by atoms with Gasteiger partial charge in [-0.1, -0.05) is 0 Å². The number of thioether (sulfide) groups is 1. The van der Waals surface area contributed by atoms with Crippen molar-refractivity contribution in [1.29, 1.82) is 0 Å². The molecule has 1 aromatic carbocycles. The summed E-state index contributed by atoms with van der Waals surface area (Å²) in [7, 11) is 0. The molecular weight excluding hydrogens is 255 g/mol. The predicted molar refractivity (Wildman–Crippen MR) is 68.3 cm³/mol. The fourth-order valence-electron chi connectivity index (χ4n) is 1.14. The van der Waals surface area contributed by atoms with E-state index in [0.717, 1.165) is 6.42 Å². The molecule has 0 unspecified atom stereocenters. The van der Waals surface area contributed by atoms with Crippen LogP contribution < -0.4 is 0 Å². The fraction of sp³-hybridized carbons (Fsp3) is 0.417. The maximum atomic E-state index is 3.16. The van der Waals surface area contributed by atoms with Gasteiger partial charge in [-0.3, -0.25) is 0 Å². The second-order valence-electron chi connectivity index (χ2n) is 4.25.